The maximum absolute atomic E-state index is 10.6. The van der Waals surface area contributed by atoms with E-state index in [0.717, 1.165) is 30.2 Å². The molecule has 88 valence electrons. The van der Waals surface area contributed by atoms with Crippen LogP contribution < -0.4 is 5.32 Å². The standard InChI is InChI=1S/C11H16N2O2S/c1-7-11(8-3-2-4-12-6-8)13-9(16-7)5-10(14)15/h8,12H,2-6H2,1H3,(H,14,15). The lowest BCUT2D eigenvalue weighted by Crippen LogP contribution is -2.28. The molecule has 1 aromatic heterocycles. The lowest BCUT2D eigenvalue weighted by Gasteiger charge is -2.21. The summed E-state index contributed by atoms with van der Waals surface area (Å²) in [6, 6.07) is 0. The second kappa shape index (κ2) is 4.93. The first-order chi connectivity index (χ1) is 7.66. The van der Waals surface area contributed by atoms with Crippen LogP contribution in [0.3, 0.4) is 0 Å². The van der Waals surface area contributed by atoms with Crippen molar-refractivity contribution < 1.29 is 9.90 Å². The molecule has 5 heteroatoms. The van der Waals surface area contributed by atoms with Gasteiger partial charge in [0.25, 0.3) is 0 Å². The highest BCUT2D eigenvalue weighted by atomic mass is 32.1. The molecule has 1 unspecified atom stereocenters. The van der Waals surface area contributed by atoms with Gasteiger partial charge in [0.2, 0.25) is 0 Å². The summed E-state index contributed by atoms with van der Waals surface area (Å²) < 4.78 is 0. The molecule has 0 bridgehead atoms. The number of nitrogens with zero attached hydrogens (tertiary/aromatic N) is 1. The molecule has 4 nitrogen and oxygen atoms in total. The molecule has 2 heterocycles. The van der Waals surface area contributed by atoms with E-state index in [9.17, 15) is 4.79 Å². The van der Waals surface area contributed by atoms with Gasteiger partial charge in [-0.15, -0.1) is 11.3 Å². The van der Waals surface area contributed by atoms with Gasteiger partial charge in [-0.2, -0.15) is 0 Å². The summed E-state index contributed by atoms with van der Waals surface area (Å²) in [6.45, 7) is 4.09. The summed E-state index contributed by atoms with van der Waals surface area (Å²) in [7, 11) is 0. The zero-order chi connectivity index (χ0) is 11.5. The van der Waals surface area contributed by atoms with Crippen molar-refractivity contribution in [1.82, 2.24) is 10.3 Å². The van der Waals surface area contributed by atoms with Crippen LogP contribution in [0.5, 0.6) is 0 Å². The van der Waals surface area contributed by atoms with Crippen LogP contribution in [0.1, 0.15) is 34.3 Å². The van der Waals surface area contributed by atoms with Gasteiger partial charge in [-0.1, -0.05) is 0 Å². The minimum Gasteiger partial charge on any atom is -0.481 e. The summed E-state index contributed by atoms with van der Waals surface area (Å²) in [5.41, 5.74) is 1.11. The minimum absolute atomic E-state index is 0.0473. The third-order valence-corrected chi connectivity index (χ3v) is 3.85. The monoisotopic (exact) mass is 240 g/mol. The molecule has 0 aromatic carbocycles. The smallest absolute Gasteiger partial charge is 0.310 e. The molecule has 16 heavy (non-hydrogen) atoms. The molecule has 1 aliphatic heterocycles. The van der Waals surface area contributed by atoms with Crippen LogP contribution in [-0.4, -0.2) is 29.1 Å². The van der Waals surface area contributed by atoms with Crippen molar-refractivity contribution >= 4 is 17.3 Å². The van der Waals surface area contributed by atoms with E-state index in [1.165, 1.54) is 22.6 Å². The molecular weight excluding hydrogens is 224 g/mol. The van der Waals surface area contributed by atoms with Gasteiger partial charge in [-0.05, 0) is 26.3 Å². The maximum atomic E-state index is 10.6. The predicted molar refractivity (Wildman–Crippen MR) is 63.0 cm³/mol. The van der Waals surface area contributed by atoms with Crippen LogP contribution in [-0.2, 0) is 11.2 Å². The van der Waals surface area contributed by atoms with Crippen LogP contribution in [0, 0.1) is 6.92 Å². The summed E-state index contributed by atoms with van der Waals surface area (Å²) in [5.74, 6) is -0.338. The number of hydrogen-bond acceptors (Lipinski definition) is 4. The zero-order valence-corrected chi connectivity index (χ0v) is 10.1. The first kappa shape index (κ1) is 11.5. The summed E-state index contributed by atoms with van der Waals surface area (Å²) >= 11 is 1.52. The molecule has 0 saturated carbocycles. The number of hydrogen-bond donors (Lipinski definition) is 2. The Morgan fingerprint density at radius 2 is 2.50 bits per heavy atom. The number of thiazole rings is 1. The highest BCUT2D eigenvalue weighted by molar-refractivity contribution is 7.11. The number of rotatable bonds is 3. The summed E-state index contributed by atoms with van der Waals surface area (Å²) in [6.07, 6.45) is 2.38. The van der Waals surface area contributed by atoms with Crippen molar-refractivity contribution in [1.29, 1.82) is 0 Å². The van der Waals surface area contributed by atoms with E-state index in [4.69, 9.17) is 5.11 Å². The lowest BCUT2D eigenvalue weighted by atomic mass is 9.96. The fraction of sp³-hybridized carbons (Fsp3) is 0.636. The average Bonchev–Trinajstić information content (AvgIpc) is 2.60. The molecular formula is C11H16N2O2S. The van der Waals surface area contributed by atoms with Crippen LogP contribution in [0.15, 0.2) is 0 Å². The Hall–Kier alpha value is -0.940. The van der Waals surface area contributed by atoms with E-state index >= 15 is 0 Å². The largest absolute Gasteiger partial charge is 0.481 e. The molecule has 1 atom stereocenters. The van der Waals surface area contributed by atoms with Crippen molar-refractivity contribution in [3.8, 4) is 0 Å². The van der Waals surface area contributed by atoms with Crippen LogP contribution in [0.2, 0.25) is 0 Å². The molecule has 2 N–H and O–H groups in total. The first-order valence-electron chi connectivity index (χ1n) is 5.55. The second-order valence-corrected chi connectivity index (χ2v) is 5.45. The van der Waals surface area contributed by atoms with E-state index in [2.05, 4.69) is 10.3 Å². The topological polar surface area (TPSA) is 62.2 Å². The number of aromatic nitrogens is 1. The van der Waals surface area contributed by atoms with E-state index in [-0.39, 0.29) is 6.42 Å². The summed E-state index contributed by atoms with van der Waals surface area (Å²) in [4.78, 5) is 16.3. The van der Waals surface area contributed by atoms with E-state index < -0.39 is 5.97 Å². The van der Waals surface area contributed by atoms with E-state index in [1.54, 1.807) is 0 Å². The van der Waals surface area contributed by atoms with Crippen LogP contribution >= 0.6 is 11.3 Å². The summed E-state index contributed by atoms with van der Waals surface area (Å²) in [5, 5.41) is 12.8. The fourth-order valence-electron chi connectivity index (χ4n) is 2.13. The first-order valence-corrected chi connectivity index (χ1v) is 6.37. The van der Waals surface area contributed by atoms with Gasteiger partial charge >= 0.3 is 5.97 Å². The Morgan fingerprint density at radius 3 is 3.12 bits per heavy atom. The molecule has 2 rings (SSSR count). The average molecular weight is 240 g/mol. The van der Waals surface area contributed by atoms with Gasteiger partial charge < -0.3 is 10.4 Å². The van der Waals surface area contributed by atoms with Crippen molar-refractivity contribution in [2.75, 3.05) is 13.1 Å². The normalized spacial score (nSPS) is 20.9. The molecule has 1 aliphatic rings. The van der Waals surface area contributed by atoms with Crippen LogP contribution in [0.25, 0.3) is 0 Å². The highest BCUT2D eigenvalue weighted by Gasteiger charge is 2.21. The number of carboxylic acids is 1. The minimum atomic E-state index is -0.804. The Morgan fingerprint density at radius 1 is 1.69 bits per heavy atom. The molecule has 1 aromatic rings. The number of aryl methyl sites for hydroxylation is 1. The van der Waals surface area contributed by atoms with E-state index in [1.807, 2.05) is 6.92 Å². The van der Waals surface area contributed by atoms with Gasteiger partial charge in [0.15, 0.2) is 0 Å². The van der Waals surface area contributed by atoms with Crippen molar-refractivity contribution in [3.05, 3.63) is 15.6 Å². The molecule has 0 radical (unpaired) electrons. The van der Waals surface area contributed by atoms with Gasteiger partial charge in [0, 0.05) is 17.3 Å². The zero-order valence-electron chi connectivity index (χ0n) is 9.32. The third-order valence-electron chi connectivity index (χ3n) is 2.86. The molecule has 1 saturated heterocycles. The van der Waals surface area contributed by atoms with Crippen LogP contribution in [0.4, 0.5) is 0 Å². The number of aliphatic carboxylic acids is 1. The molecule has 0 amide bonds. The lowest BCUT2D eigenvalue weighted by molar-refractivity contribution is -0.136. The van der Waals surface area contributed by atoms with Crippen molar-refractivity contribution in [2.24, 2.45) is 0 Å². The number of piperidine rings is 1. The van der Waals surface area contributed by atoms with Gasteiger partial charge in [-0.25, -0.2) is 4.98 Å². The Balaban J connectivity index is 2.13. The molecule has 0 aliphatic carbocycles. The van der Waals surface area contributed by atoms with Gasteiger partial charge in [0.1, 0.15) is 5.01 Å². The quantitative estimate of drug-likeness (QED) is 0.841. The number of carboxylic acid groups (broad SMARTS) is 1. The Kier molecular flexibility index (Phi) is 3.56. The van der Waals surface area contributed by atoms with Gasteiger partial charge in [-0.3, -0.25) is 4.79 Å². The maximum Gasteiger partial charge on any atom is 0.310 e. The Labute approximate surface area is 98.7 Å². The Bertz CT molecular complexity index is 383. The number of nitrogens with one attached hydrogen (secondary N) is 1. The molecule has 1 fully saturated rings. The third kappa shape index (κ3) is 2.59. The SMILES string of the molecule is Cc1sc(CC(=O)O)nc1C1CCCNC1. The van der Waals surface area contributed by atoms with Crippen molar-refractivity contribution in [3.63, 3.8) is 0 Å². The fourth-order valence-corrected chi connectivity index (χ4v) is 3.14. The highest BCUT2D eigenvalue weighted by Crippen LogP contribution is 2.29. The van der Waals surface area contributed by atoms with E-state index in [0.29, 0.717) is 5.92 Å². The molecule has 0 spiro atoms. The second-order valence-electron chi connectivity index (χ2n) is 4.16. The number of carbonyl (C=O) groups is 1. The van der Waals surface area contributed by atoms with Crippen molar-refractivity contribution in [2.45, 2.75) is 32.1 Å². The van der Waals surface area contributed by atoms with Gasteiger partial charge in [0.05, 0.1) is 12.1 Å². The predicted octanol–water partition coefficient (Wildman–Crippen LogP) is 1.55.